The van der Waals surface area contributed by atoms with E-state index in [1.165, 1.54) is 13.8 Å². The van der Waals surface area contributed by atoms with Crippen LogP contribution in [0, 0.1) is 0 Å². The lowest BCUT2D eigenvalue weighted by atomic mass is 9.96. The lowest BCUT2D eigenvalue weighted by Crippen LogP contribution is -2.61. The normalized spacial score (nSPS) is 21.9. The molecular weight excluding hydrogens is 508 g/mol. The number of amides is 3. The first-order valence-corrected chi connectivity index (χ1v) is 13.9. The van der Waals surface area contributed by atoms with Crippen LogP contribution in [0.1, 0.15) is 31.4 Å². The summed E-state index contributed by atoms with van der Waals surface area (Å²) in [7, 11) is -2.20. The van der Waals surface area contributed by atoms with Gasteiger partial charge in [0.1, 0.15) is 23.2 Å². The first-order chi connectivity index (χ1) is 18.0. The van der Waals surface area contributed by atoms with Crippen molar-refractivity contribution in [3.8, 4) is 5.75 Å². The van der Waals surface area contributed by atoms with Crippen LogP contribution in [0.2, 0.25) is 0 Å². The first-order valence-electron chi connectivity index (χ1n) is 12.3. The highest BCUT2D eigenvalue weighted by atomic mass is 32.2. The van der Waals surface area contributed by atoms with Crippen molar-refractivity contribution in [2.24, 2.45) is 0 Å². The lowest BCUT2D eigenvalue weighted by molar-refractivity contribution is -0.150. The van der Waals surface area contributed by atoms with Gasteiger partial charge in [0.15, 0.2) is 9.84 Å². The molecule has 3 atom stereocenters. The van der Waals surface area contributed by atoms with E-state index in [4.69, 9.17) is 4.74 Å². The molecule has 11 heteroatoms. The molecule has 0 bridgehead atoms. The molecule has 38 heavy (non-hydrogen) atoms. The van der Waals surface area contributed by atoms with Crippen molar-refractivity contribution in [2.75, 3.05) is 7.11 Å². The summed E-state index contributed by atoms with van der Waals surface area (Å²) < 4.78 is 29.8. The van der Waals surface area contributed by atoms with Crippen molar-refractivity contribution in [1.82, 2.24) is 20.5 Å². The molecule has 5 rings (SSSR count). The first kappa shape index (κ1) is 25.8. The number of H-pyrrole nitrogens is 1. The SMILES string of the molecule is COc1cccc(CNC(=O)[C@H](Cc2c[nH]c3ccccc23)NC(=O)[C@H]2N3C(=O)C[C@@H]3S(=O)(=O)C2(C)C)c1. The van der Waals surface area contributed by atoms with Gasteiger partial charge < -0.3 is 25.3 Å². The largest absolute Gasteiger partial charge is 0.497 e. The Balaban J connectivity index is 1.40. The zero-order chi connectivity index (χ0) is 27.2. The van der Waals surface area contributed by atoms with Crippen molar-refractivity contribution in [3.05, 3.63) is 65.9 Å². The summed E-state index contributed by atoms with van der Waals surface area (Å²) in [4.78, 5) is 43.6. The summed E-state index contributed by atoms with van der Waals surface area (Å²) in [5.74, 6) is -0.842. The van der Waals surface area contributed by atoms with E-state index in [2.05, 4.69) is 15.6 Å². The molecule has 2 aliphatic rings. The van der Waals surface area contributed by atoms with E-state index in [1.807, 2.05) is 36.4 Å². The molecule has 2 saturated heterocycles. The van der Waals surface area contributed by atoms with Gasteiger partial charge in [0, 0.05) is 30.1 Å². The quantitative estimate of drug-likeness (QED) is 0.373. The van der Waals surface area contributed by atoms with Crippen LogP contribution in [0.4, 0.5) is 0 Å². The Morgan fingerprint density at radius 3 is 2.68 bits per heavy atom. The molecule has 3 heterocycles. The number of carbonyl (C=O) groups is 3. The third kappa shape index (κ3) is 4.20. The van der Waals surface area contributed by atoms with Crippen LogP contribution in [0.25, 0.3) is 10.9 Å². The third-order valence-corrected chi connectivity index (χ3v) is 10.4. The molecule has 2 aliphatic heterocycles. The highest BCUT2D eigenvalue weighted by Gasteiger charge is 2.67. The van der Waals surface area contributed by atoms with Gasteiger partial charge >= 0.3 is 0 Å². The fraction of sp³-hybridized carbons (Fsp3) is 0.370. The van der Waals surface area contributed by atoms with Gasteiger partial charge in [-0.05, 0) is 43.2 Å². The number of aromatic amines is 1. The van der Waals surface area contributed by atoms with Crippen LogP contribution >= 0.6 is 0 Å². The second-order valence-electron chi connectivity index (χ2n) is 10.2. The highest BCUT2D eigenvalue weighted by molar-refractivity contribution is 7.93. The molecule has 0 spiro atoms. The molecule has 1 aromatic heterocycles. The lowest BCUT2D eigenvalue weighted by Gasteiger charge is -2.37. The molecule has 3 N–H and O–H groups in total. The number of para-hydroxylation sites is 1. The van der Waals surface area contributed by atoms with Gasteiger partial charge in [-0.1, -0.05) is 30.3 Å². The number of hydrogen-bond acceptors (Lipinski definition) is 6. The molecule has 2 aromatic carbocycles. The fourth-order valence-corrected chi connectivity index (χ4v) is 7.46. The predicted octanol–water partition coefficient (Wildman–Crippen LogP) is 1.65. The van der Waals surface area contributed by atoms with E-state index in [0.29, 0.717) is 5.75 Å². The van der Waals surface area contributed by atoms with E-state index in [9.17, 15) is 22.8 Å². The number of aromatic nitrogens is 1. The topological polar surface area (TPSA) is 138 Å². The number of ether oxygens (including phenoxy) is 1. The summed E-state index contributed by atoms with van der Waals surface area (Å²) in [5, 5.41) is 5.55. The molecule has 2 fully saturated rings. The summed E-state index contributed by atoms with van der Waals surface area (Å²) >= 11 is 0. The van der Waals surface area contributed by atoms with E-state index >= 15 is 0 Å². The zero-order valence-corrected chi connectivity index (χ0v) is 22.2. The van der Waals surface area contributed by atoms with Crippen LogP contribution < -0.4 is 15.4 Å². The van der Waals surface area contributed by atoms with Gasteiger partial charge in [0.2, 0.25) is 17.7 Å². The van der Waals surface area contributed by atoms with Crippen LogP contribution in [-0.4, -0.2) is 65.3 Å². The van der Waals surface area contributed by atoms with Gasteiger partial charge in [-0.15, -0.1) is 0 Å². The molecule has 0 unspecified atom stereocenters. The van der Waals surface area contributed by atoms with Gasteiger partial charge in [0.05, 0.1) is 18.3 Å². The molecule has 200 valence electrons. The molecule has 3 aromatic rings. The average molecular weight is 539 g/mol. The van der Waals surface area contributed by atoms with Gasteiger partial charge in [-0.3, -0.25) is 14.4 Å². The monoisotopic (exact) mass is 538 g/mol. The number of benzene rings is 2. The van der Waals surface area contributed by atoms with Crippen LogP contribution in [0.15, 0.2) is 54.7 Å². The maximum atomic E-state index is 13.6. The van der Waals surface area contributed by atoms with E-state index < -0.39 is 43.9 Å². The maximum absolute atomic E-state index is 13.6. The molecule has 0 saturated carbocycles. The molecule has 0 aliphatic carbocycles. The minimum atomic E-state index is -3.75. The maximum Gasteiger partial charge on any atom is 0.245 e. The minimum Gasteiger partial charge on any atom is -0.497 e. The highest BCUT2D eigenvalue weighted by Crippen LogP contribution is 2.45. The Labute approximate surface area is 220 Å². The number of carbonyl (C=O) groups excluding carboxylic acids is 3. The number of methoxy groups -OCH3 is 1. The molecular formula is C27H30N4O6S. The minimum absolute atomic E-state index is 0.130. The Morgan fingerprint density at radius 1 is 1.18 bits per heavy atom. The van der Waals surface area contributed by atoms with Crippen LogP contribution in [-0.2, 0) is 37.2 Å². The molecule has 3 amide bonds. The Kier molecular flexibility index (Phi) is 6.42. The van der Waals surface area contributed by atoms with Crippen molar-refractivity contribution in [2.45, 2.75) is 55.4 Å². The zero-order valence-electron chi connectivity index (χ0n) is 21.4. The summed E-state index contributed by atoms with van der Waals surface area (Å²) in [6.07, 6.45) is 1.82. The number of β-lactam (4-membered cyclic amide) rings is 1. The summed E-state index contributed by atoms with van der Waals surface area (Å²) in [6.45, 7) is 3.11. The number of rotatable bonds is 8. The van der Waals surface area contributed by atoms with E-state index in [0.717, 1.165) is 26.9 Å². The second-order valence-corrected chi connectivity index (χ2v) is 12.9. The standard InChI is InChI=1S/C27H30N4O6S/c1-27(2)24(31-22(32)13-23(31)38(27,35)36)26(34)30-21(12-17-15-28-20-10-5-4-9-19(17)20)25(33)29-14-16-7-6-8-18(11-16)37-3/h4-11,15,21,23-24,28H,12-14H2,1-3H3,(H,29,33)(H,30,34)/t21-,23-,24+/m0/s1. The number of sulfone groups is 1. The summed E-state index contributed by atoms with van der Waals surface area (Å²) in [6, 6.07) is 12.6. The fourth-order valence-electron chi connectivity index (χ4n) is 5.33. The van der Waals surface area contributed by atoms with Crippen molar-refractivity contribution in [3.63, 3.8) is 0 Å². The number of nitrogens with one attached hydrogen (secondary N) is 3. The average Bonchev–Trinajstić information content (AvgIpc) is 3.35. The predicted molar refractivity (Wildman–Crippen MR) is 141 cm³/mol. The van der Waals surface area contributed by atoms with Crippen molar-refractivity contribution >= 4 is 38.5 Å². The van der Waals surface area contributed by atoms with Gasteiger partial charge in [-0.25, -0.2) is 8.42 Å². The van der Waals surface area contributed by atoms with Crippen LogP contribution in [0.3, 0.4) is 0 Å². The molecule has 10 nitrogen and oxygen atoms in total. The van der Waals surface area contributed by atoms with Crippen molar-refractivity contribution in [1.29, 1.82) is 0 Å². The third-order valence-electron chi connectivity index (χ3n) is 7.56. The number of nitrogens with zero attached hydrogens (tertiary/aromatic N) is 1. The Morgan fingerprint density at radius 2 is 1.95 bits per heavy atom. The number of hydrogen-bond donors (Lipinski definition) is 3. The van der Waals surface area contributed by atoms with Crippen molar-refractivity contribution < 1.29 is 27.5 Å². The molecule has 0 radical (unpaired) electrons. The second kappa shape index (κ2) is 9.46. The van der Waals surface area contributed by atoms with Gasteiger partial charge in [-0.2, -0.15) is 0 Å². The van der Waals surface area contributed by atoms with E-state index in [-0.39, 0.29) is 25.3 Å². The summed E-state index contributed by atoms with van der Waals surface area (Å²) in [5.41, 5.74) is 2.52. The Bertz CT molecular complexity index is 1530. The van der Waals surface area contributed by atoms with E-state index in [1.54, 1.807) is 25.4 Å². The Hall–Kier alpha value is -3.86. The smallest absolute Gasteiger partial charge is 0.245 e. The number of fused-ring (bicyclic) bond motifs is 2. The van der Waals surface area contributed by atoms with Crippen LogP contribution in [0.5, 0.6) is 5.75 Å². The van der Waals surface area contributed by atoms with Gasteiger partial charge in [0.25, 0.3) is 0 Å².